The van der Waals surface area contributed by atoms with Crippen molar-refractivity contribution in [2.75, 3.05) is 9.80 Å². The first-order chi connectivity index (χ1) is 31.4. The smallest absolute Gasteiger partial charge is 0.0655 e. The van der Waals surface area contributed by atoms with Gasteiger partial charge in [-0.3, -0.25) is 0 Å². The lowest BCUT2D eigenvalue weighted by molar-refractivity contribution is 0.553. The Kier molecular flexibility index (Phi) is 8.74. The number of para-hydroxylation sites is 4. The molecular formula is C62H48N2. The van der Waals surface area contributed by atoms with E-state index in [0.717, 1.165) is 17.1 Å². The number of nitrogens with zero attached hydrogens (tertiary/aromatic N) is 2. The van der Waals surface area contributed by atoms with E-state index in [1.54, 1.807) is 0 Å². The van der Waals surface area contributed by atoms with E-state index < -0.39 is 0 Å². The topological polar surface area (TPSA) is 6.48 Å². The number of rotatable bonds is 7. The third-order valence-electron chi connectivity index (χ3n) is 14.3. The molecule has 0 radical (unpaired) electrons. The van der Waals surface area contributed by atoms with Gasteiger partial charge in [0.2, 0.25) is 0 Å². The first kappa shape index (κ1) is 38.0. The summed E-state index contributed by atoms with van der Waals surface area (Å²) in [5, 5.41) is 2.47. The molecule has 9 aromatic carbocycles. The fourth-order valence-electron chi connectivity index (χ4n) is 11.3. The Hall–Kier alpha value is -7.68. The second kappa shape index (κ2) is 14.7. The molecule has 0 fully saturated rings. The van der Waals surface area contributed by atoms with Crippen LogP contribution in [0.2, 0.25) is 0 Å². The van der Waals surface area contributed by atoms with Crippen LogP contribution in [-0.4, -0.2) is 6.04 Å². The van der Waals surface area contributed by atoms with E-state index in [0.29, 0.717) is 0 Å². The molecule has 0 saturated carbocycles. The summed E-state index contributed by atoms with van der Waals surface area (Å²) in [6, 6.07) is 78.4. The Bertz CT molecular complexity index is 3330. The zero-order valence-corrected chi connectivity index (χ0v) is 36.4. The van der Waals surface area contributed by atoms with Crippen molar-refractivity contribution in [1.29, 1.82) is 0 Å². The van der Waals surface area contributed by atoms with E-state index in [1.807, 2.05) is 0 Å². The SMILES string of the molecule is CC1(C)c2ccccc2-c2ccc(N(c3ccccc3C3=CC4(C)c5ccccc5N(c5ccccc5)C4C=C3)c3ccccc3-c3cccc4cccc(-c5ccccc5)c34)cc21. The van der Waals surface area contributed by atoms with Crippen LogP contribution in [0.3, 0.4) is 0 Å². The maximum atomic E-state index is 2.54. The predicted molar refractivity (Wildman–Crippen MR) is 270 cm³/mol. The van der Waals surface area contributed by atoms with Gasteiger partial charge in [-0.25, -0.2) is 0 Å². The summed E-state index contributed by atoms with van der Waals surface area (Å²) in [6.45, 7) is 7.17. The minimum Gasteiger partial charge on any atom is -0.333 e. The second-order valence-corrected chi connectivity index (χ2v) is 18.3. The van der Waals surface area contributed by atoms with Gasteiger partial charge in [-0.05, 0) is 110 Å². The highest BCUT2D eigenvalue weighted by atomic mass is 15.2. The van der Waals surface area contributed by atoms with Crippen LogP contribution in [0, 0.1) is 0 Å². The van der Waals surface area contributed by atoms with Gasteiger partial charge in [0.15, 0.2) is 0 Å². The summed E-state index contributed by atoms with van der Waals surface area (Å²) in [7, 11) is 0. The number of benzene rings is 9. The Morgan fingerprint density at radius 1 is 0.453 bits per heavy atom. The summed E-state index contributed by atoms with van der Waals surface area (Å²) in [5.41, 5.74) is 19.4. The molecule has 0 aromatic heterocycles. The molecule has 0 N–H and O–H groups in total. The van der Waals surface area contributed by atoms with Gasteiger partial charge < -0.3 is 9.80 Å². The Labute approximate surface area is 376 Å². The molecule has 0 bridgehead atoms. The van der Waals surface area contributed by atoms with Gasteiger partial charge in [-0.2, -0.15) is 0 Å². The molecule has 2 atom stereocenters. The van der Waals surface area contributed by atoms with Gasteiger partial charge in [0.25, 0.3) is 0 Å². The van der Waals surface area contributed by atoms with Gasteiger partial charge >= 0.3 is 0 Å². The van der Waals surface area contributed by atoms with Crippen molar-refractivity contribution < 1.29 is 0 Å². The zero-order valence-electron chi connectivity index (χ0n) is 36.4. The summed E-state index contributed by atoms with van der Waals surface area (Å²) < 4.78 is 0. The van der Waals surface area contributed by atoms with Crippen LogP contribution in [0.25, 0.3) is 49.7 Å². The van der Waals surface area contributed by atoms with Crippen LogP contribution < -0.4 is 9.80 Å². The second-order valence-electron chi connectivity index (χ2n) is 18.3. The van der Waals surface area contributed by atoms with E-state index in [-0.39, 0.29) is 16.9 Å². The lowest BCUT2D eigenvalue weighted by atomic mass is 9.73. The molecule has 0 spiro atoms. The van der Waals surface area contributed by atoms with Crippen molar-refractivity contribution in [1.82, 2.24) is 0 Å². The summed E-state index contributed by atoms with van der Waals surface area (Å²) in [6.07, 6.45) is 7.35. The minimum atomic E-state index is -0.271. The summed E-state index contributed by atoms with van der Waals surface area (Å²) in [4.78, 5) is 5.06. The number of fused-ring (bicyclic) bond motifs is 7. The van der Waals surface area contributed by atoms with Crippen LogP contribution in [0.15, 0.2) is 231 Å². The Morgan fingerprint density at radius 2 is 1.03 bits per heavy atom. The highest BCUT2D eigenvalue weighted by Crippen LogP contribution is 2.55. The lowest BCUT2D eigenvalue weighted by Gasteiger charge is -2.37. The molecule has 3 aliphatic rings. The fourth-order valence-corrected chi connectivity index (χ4v) is 11.3. The molecule has 1 aliphatic heterocycles. The van der Waals surface area contributed by atoms with Gasteiger partial charge in [0.1, 0.15) is 0 Å². The molecule has 2 unspecified atom stereocenters. The van der Waals surface area contributed by atoms with Crippen LogP contribution in [-0.2, 0) is 10.8 Å². The van der Waals surface area contributed by atoms with Gasteiger partial charge in [-0.1, -0.05) is 202 Å². The molecule has 0 amide bonds. The van der Waals surface area contributed by atoms with Crippen molar-refractivity contribution in [2.24, 2.45) is 0 Å². The van der Waals surface area contributed by atoms with Crippen LogP contribution in [0.4, 0.5) is 28.4 Å². The van der Waals surface area contributed by atoms with Crippen molar-refractivity contribution >= 4 is 44.8 Å². The lowest BCUT2D eigenvalue weighted by Crippen LogP contribution is -2.39. The van der Waals surface area contributed by atoms with Crippen molar-refractivity contribution in [3.8, 4) is 33.4 Å². The third kappa shape index (κ3) is 5.79. The Balaban J connectivity index is 1.08. The van der Waals surface area contributed by atoms with Gasteiger partial charge in [-0.15, -0.1) is 0 Å². The van der Waals surface area contributed by atoms with E-state index in [2.05, 4.69) is 261 Å². The van der Waals surface area contributed by atoms with Gasteiger partial charge in [0.05, 0.1) is 17.4 Å². The minimum absolute atomic E-state index is 0.130. The summed E-state index contributed by atoms with van der Waals surface area (Å²) >= 11 is 0. The molecule has 12 rings (SSSR count). The normalized spacial score (nSPS) is 17.6. The number of allylic oxidation sites excluding steroid dienone is 2. The fraction of sp³-hybridized carbons (Fsp3) is 0.0968. The maximum Gasteiger partial charge on any atom is 0.0655 e. The molecule has 2 heteroatoms. The number of hydrogen-bond acceptors (Lipinski definition) is 2. The molecule has 0 saturated heterocycles. The van der Waals surface area contributed by atoms with Crippen molar-refractivity contribution in [3.05, 3.63) is 253 Å². The average molecular weight is 821 g/mol. The molecule has 64 heavy (non-hydrogen) atoms. The highest BCUT2D eigenvalue weighted by molar-refractivity contribution is 6.09. The van der Waals surface area contributed by atoms with Crippen LogP contribution in [0.5, 0.6) is 0 Å². The van der Waals surface area contributed by atoms with E-state index in [4.69, 9.17) is 0 Å². The summed E-state index contributed by atoms with van der Waals surface area (Å²) in [5.74, 6) is 0. The molecular weight excluding hydrogens is 773 g/mol. The van der Waals surface area contributed by atoms with E-state index >= 15 is 0 Å². The average Bonchev–Trinajstić information content (AvgIpc) is 3.75. The molecule has 9 aromatic rings. The zero-order chi connectivity index (χ0) is 43.0. The predicted octanol–water partition coefficient (Wildman–Crippen LogP) is 16.4. The Morgan fingerprint density at radius 3 is 1.80 bits per heavy atom. The molecule has 2 nitrogen and oxygen atoms in total. The number of hydrogen-bond donors (Lipinski definition) is 0. The molecule has 1 heterocycles. The van der Waals surface area contributed by atoms with Gasteiger partial charge in [0, 0.05) is 39.0 Å². The number of anilines is 5. The first-order valence-corrected chi connectivity index (χ1v) is 22.6. The van der Waals surface area contributed by atoms with Crippen LogP contribution >= 0.6 is 0 Å². The quantitative estimate of drug-likeness (QED) is 0.158. The molecule has 306 valence electrons. The van der Waals surface area contributed by atoms with Crippen molar-refractivity contribution in [2.45, 2.75) is 37.6 Å². The van der Waals surface area contributed by atoms with E-state index in [1.165, 1.54) is 83.4 Å². The largest absolute Gasteiger partial charge is 0.333 e. The van der Waals surface area contributed by atoms with Crippen LogP contribution in [0.1, 0.15) is 43.0 Å². The third-order valence-corrected chi connectivity index (χ3v) is 14.3. The first-order valence-electron chi connectivity index (χ1n) is 22.6. The highest BCUT2D eigenvalue weighted by Gasteiger charge is 2.47. The molecule has 2 aliphatic carbocycles. The maximum absolute atomic E-state index is 2.54. The van der Waals surface area contributed by atoms with E-state index in [9.17, 15) is 0 Å². The monoisotopic (exact) mass is 820 g/mol. The standard InChI is InChI=1S/C62H48N2/c1-61(2)53-31-13-10-27-49(53)50-38-37-46(40-55(50)61)63(57-34-16-12-28-51(57)52-30-19-23-43-22-18-29-48(60(43)52)42-20-6-4-7-21-42)56-33-15-11-26-47(56)44-36-39-59-62(3,41-44)54-32-14-17-35-58(54)64(59)45-24-8-5-9-25-45/h4-41,59H,1-3H3. The van der Waals surface area contributed by atoms with Crippen molar-refractivity contribution in [3.63, 3.8) is 0 Å².